The molecular formula is C13H19NO5S2. The van der Waals surface area contributed by atoms with Crippen molar-refractivity contribution in [3.8, 4) is 0 Å². The van der Waals surface area contributed by atoms with Crippen molar-refractivity contribution in [1.82, 2.24) is 4.72 Å². The SMILES string of the molecule is Cc1cc(C)c(S(=O)(=O)N[C@H]2CS(=O)(=O)C[C@@H]2O)cc1C. The highest BCUT2D eigenvalue weighted by Crippen LogP contribution is 2.22. The van der Waals surface area contributed by atoms with Crippen LogP contribution in [0.25, 0.3) is 0 Å². The molecule has 0 spiro atoms. The Morgan fingerprint density at radius 3 is 2.19 bits per heavy atom. The van der Waals surface area contributed by atoms with Crippen molar-refractivity contribution in [2.75, 3.05) is 11.5 Å². The van der Waals surface area contributed by atoms with E-state index >= 15 is 0 Å². The molecule has 1 aliphatic rings. The van der Waals surface area contributed by atoms with Crippen molar-refractivity contribution < 1.29 is 21.9 Å². The van der Waals surface area contributed by atoms with Crippen LogP contribution in [0, 0.1) is 20.8 Å². The Labute approximate surface area is 125 Å². The molecule has 21 heavy (non-hydrogen) atoms. The van der Waals surface area contributed by atoms with Crippen LogP contribution in [0.2, 0.25) is 0 Å². The largest absolute Gasteiger partial charge is 0.390 e. The summed E-state index contributed by atoms with van der Waals surface area (Å²) in [6.07, 6.45) is -1.21. The molecule has 0 radical (unpaired) electrons. The third kappa shape index (κ3) is 3.45. The number of hydrogen-bond acceptors (Lipinski definition) is 5. The highest BCUT2D eigenvalue weighted by molar-refractivity contribution is 7.92. The van der Waals surface area contributed by atoms with Gasteiger partial charge in [-0.15, -0.1) is 0 Å². The molecule has 0 bridgehead atoms. The summed E-state index contributed by atoms with van der Waals surface area (Å²) < 4.78 is 50.0. The molecule has 0 unspecified atom stereocenters. The van der Waals surface area contributed by atoms with Crippen LogP contribution in [-0.2, 0) is 19.9 Å². The predicted molar refractivity (Wildman–Crippen MR) is 79.4 cm³/mol. The van der Waals surface area contributed by atoms with Crippen molar-refractivity contribution in [3.05, 3.63) is 28.8 Å². The van der Waals surface area contributed by atoms with E-state index < -0.39 is 37.8 Å². The van der Waals surface area contributed by atoms with E-state index in [1.54, 1.807) is 19.1 Å². The molecule has 8 heteroatoms. The second-order valence-corrected chi connectivity index (χ2v) is 9.41. The number of sulfone groups is 1. The molecule has 118 valence electrons. The Bertz CT molecular complexity index is 768. The fourth-order valence-corrected chi connectivity index (χ4v) is 5.86. The molecule has 0 saturated carbocycles. The van der Waals surface area contributed by atoms with Gasteiger partial charge in [0.25, 0.3) is 0 Å². The summed E-state index contributed by atoms with van der Waals surface area (Å²) in [4.78, 5) is 0.113. The van der Waals surface area contributed by atoms with Crippen molar-refractivity contribution >= 4 is 19.9 Å². The lowest BCUT2D eigenvalue weighted by molar-refractivity contribution is 0.176. The van der Waals surface area contributed by atoms with Crippen LogP contribution in [0.15, 0.2) is 17.0 Å². The van der Waals surface area contributed by atoms with Crippen LogP contribution in [0.5, 0.6) is 0 Å². The first-order valence-electron chi connectivity index (χ1n) is 6.50. The highest BCUT2D eigenvalue weighted by atomic mass is 32.2. The van der Waals surface area contributed by atoms with Gasteiger partial charge in [-0.2, -0.15) is 0 Å². The van der Waals surface area contributed by atoms with Crippen LogP contribution in [0.3, 0.4) is 0 Å². The van der Waals surface area contributed by atoms with Crippen LogP contribution in [-0.4, -0.2) is 45.6 Å². The minimum Gasteiger partial charge on any atom is -0.390 e. The van der Waals surface area contributed by atoms with E-state index in [0.717, 1.165) is 11.1 Å². The van der Waals surface area contributed by atoms with Crippen molar-refractivity contribution in [2.24, 2.45) is 0 Å². The van der Waals surface area contributed by atoms with Crippen molar-refractivity contribution in [2.45, 2.75) is 37.8 Å². The number of hydrogen-bond donors (Lipinski definition) is 2. The van der Waals surface area contributed by atoms with Gasteiger partial charge in [0.05, 0.1) is 28.5 Å². The van der Waals surface area contributed by atoms with Gasteiger partial charge >= 0.3 is 0 Å². The molecule has 1 saturated heterocycles. The Hall–Kier alpha value is -0.960. The molecular weight excluding hydrogens is 314 g/mol. The van der Waals surface area contributed by atoms with E-state index in [0.29, 0.717) is 5.56 Å². The normalized spacial score (nSPS) is 25.1. The molecule has 2 rings (SSSR count). The van der Waals surface area contributed by atoms with Gasteiger partial charge in [-0.3, -0.25) is 0 Å². The van der Waals surface area contributed by atoms with Gasteiger partial charge in [0.15, 0.2) is 9.84 Å². The maximum atomic E-state index is 12.4. The van der Waals surface area contributed by atoms with Crippen LogP contribution in [0.1, 0.15) is 16.7 Å². The second kappa shape index (κ2) is 5.35. The van der Waals surface area contributed by atoms with Gasteiger partial charge < -0.3 is 5.11 Å². The molecule has 6 nitrogen and oxygen atoms in total. The van der Waals surface area contributed by atoms with Gasteiger partial charge in [0, 0.05) is 0 Å². The lowest BCUT2D eigenvalue weighted by Crippen LogP contribution is -2.42. The molecule has 1 heterocycles. The van der Waals surface area contributed by atoms with Crippen molar-refractivity contribution in [3.63, 3.8) is 0 Å². The van der Waals surface area contributed by atoms with E-state index in [1.807, 2.05) is 13.8 Å². The summed E-state index contributed by atoms with van der Waals surface area (Å²) in [5, 5.41) is 9.70. The molecule has 0 aromatic heterocycles. The average molecular weight is 333 g/mol. The first-order chi connectivity index (χ1) is 9.52. The van der Waals surface area contributed by atoms with Crippen molar-refractivity contribution in [1.29, 1.82) is 0 Å². The summed E-state index contributed by atoms with van der Waals surface area (Å²) in [6, 6.07) is 2.33. The molecule has 2 N–H and O–H groups in total. The maximum Gasteiger partial charge on any atom is 0.241 e. The summed E-state index contributed by atoms with van der Waals surface area (Å²) in [5.74, 6) is -0.788. The van der Waals surface area contributed by atoms with Crippen LogP contribution >= 0.6 is 0 Å². The molecule has 1 aliphatic heterocycles. The first-order valence-corrected chi connectivity index (χ1v) is 9.81. The molecule has 1 aromatic rings. The van der Waals surface area contributed by atoms with Crippen LogP contribution in [0.4, 0.5) is 0 Å². The lowest BCUT2D eigenvalue weighted by atomic mass is 10.1. The number of benzene rings is 1. The number of nitrogens with one attached hydrogen (secondary N) is 1. The topological polar surface area (TPSA) is 101 Å². The van der Waals surface area contributed by atoms with Gasteiger partial charge in [0.2, 0.25) is 10.0 Å². The fraction of sp³-hybridized carbons (Fsp3) is 0.538. The van der Waals surface area contributed by atoms with E-state index in [-0.39, 0.29) is 10.6 Å². The van der Waals surface area contributed by atoms with E-state index in [2.05, 4.69) is 4.72 Å². The molecule has 1 aromatic carbocycles. The second-order valence-electron chi connectivity index (χ2n) is 5.57. The van der Waals surface area contributed by atoms with E-state index in [1.165, 1.54) is 0 Å². The molecule has 0 amide bonds. The van der Waals surface area contributed by atoms with E-state index in [4.69, 9.17) is 0 Å². The minimum absolute atomic E-state index is 0.113. The number of aryl methyl sites for hydroxylation is 3. The third-order valence-corrected chi connectivity index (χ3v) is 7.06. The first kappa shape index (κ1) is 16.4. The maximum absolute atomic E-state index is 12.4. The third-order valence-electron chi connectivity index (χ3n) is 3.71. The quantitative estimate of drug-likeness (QED) is 0.814. The zero-order valence-corrected chi connectivity index (χ0v) is 13.8. The average Bonchev–Trinajstić information content (AvgIpc) is 2.56. The number of aliphatic hydroxyl groups excluding tert-OH is 1. The molecule has 1 fully saturated rings. The monoisotopic (exact) mass is 333 g/mol. The lowest BCUT2D eigenvalue weighted by Gasteiger charge is -2.17. The zero-order valence-electron chi connectivity index (χ0n) is 12.1. The van der Waals surface area contributed by atoms with Gasteiger partial charge in [0.1, 0.15) is 0 Å². The highest BCUT2D eigenvalue weighted by Gasteiger charge is 2.39. The minimum atomic E-state index is -3.87. The van der Waals surface area contributed by atoms with Gasteiger partial charge in [-0.25, -0.2) is 21.6 Å². The number of aliphatic hydroxyl groups is 1. The van der Waals surface area contributed by atoms with E-state index in [9.17, 15) is 21.9 Å². The Morgan fingerprint density at radius 1 is 1.10 bits per heavy atom. The molecule has 0 aliphatic carbocycles. The predicted octanol–water partition coefficient (Wildman–Crippen LogP) is 0.0481. The van der Waals surface area contributed by atoms with Gasteiger partial charge in [-0.1, -0.05) is 6.07 Å². The summed E-state index contributed by atoms with van der Waals surface area (Å²) >= 11 is 0. The Balaban J connectivity index is 2.34. The standard InChI is InChI=1S/C13H19NO5S2/c1-8-4-10(3)13(5-9(8)2)21(18,19)14-11-6-20(16,17)7-12(11)15/h4-5,11-12,14-15H,6-7H2,1-3H3/t11-,12-/m0/s1. The van der Waals surface area contributed by atoms with Gasteiger partial charge in [-0.05, 0) is 43.5 Å². The molecule has 2 atom stereocenters. The van der Waals surface area contributed by atoms with Crippen LogP contribution < -0.4 is 4.72 Å². The smallest absolute Gasteiger partial charge is 0.241 e. The Kier molecular flexibility index (Phi) is 4.18. The zero-order chi connectivity index (χ0) is 16.0. The number of sulfonamides is 1. The summed E-state index contributed by atoms with van der Waals surface area (Å²) in [5.41, 5.74) is 2.40. The summed E-state index contributed by atoms with van der Waals surface area (Å²) in [6.45, 7) is 5.38. The fourth-order valence-electron chi connectivity index (χ4n) is 2.43. The number of rotatable bonds is 3. The summed E-state index contributed by atoms with van der Waals surface area (Å²) in [7, 11) is -7.27. The Morgan fingerprint density at radius 2 is 1.67 bits per heavy atom.